The Morgan fingerprint density at radius 1 is 1.71 bits per heavy atom. The Morgan fingerprint density at radius 3 is 3.07 bits per heavy atom. The van der Waals surface area contributed by atoms with Crippen molar-refractivity contribution in [2.45, 2.75) is 26.3 Å². The van der Waals surface area contributed by atoms with Crippen molar-refractivity contribution >= 4 is 22.6 Å². The van der Waals surface area contributed by atoms with Gasteiger partial charge in [0, 0.05) is 19.2 Å². The normalized spacial score (nSPS) is 9.79. The number of unbranched alkanes of at least 4 members (excludes halogenated alkanes) is 1. The number of rotatable bonds is 3. The predicted octanol–water partition coefficient (Wildman–Crippen LogP) is 1.57. The van der Waals surface area contributed by atoms with E-state index in [1.165, 1.54) is 0 Å². The van der Waals surface area contributed by atoms with Gasteiger partial charge in [0.05, 0.1) is 3.57 Å². The summed E-state index contributed by atoms with van der Waals surface area (Å²) in [6.07, 6.45) is 8.25. The van der Waals surface area contributed by atoms with Crippen LogP contribution in [-0.4, -0.2) is 9.55 Å². The molecule has 74 valence electrons. The fraction of sp³-hybridized carbons (Fsp3) is 0.400. The summed E-state index contributed by atoms with van der Waals surface area (Å²) in [5, 5.41) is 0. The van der Waals surface area contributed by atoms with E-state index in [1.807, 2.05) is 29.5 Å². The largest absolute Gasteiger partial charge is 0.296 e. The fourth-order valence-electron chi connectivity index (χ4n) is 1.15. The average molecular weight is 302 g/mol. The average Bonchev–Trinajstić information content (AvgIpc) is 2.18. The number of nitrogens with zero attached hydrogens (tertiary/aromatic N) is 2. The van der Waals surface area contributed by atoms with Crippen LogP contribution in [0.2, 0.25) is 0 Å². The van der Waals surface area contributed by atoms with Gasteiger partial charge in [0.1, 0.15) is 5.82 Å². The lowest BCUT2D eigenvalue weighted by molar-refractivity contribution is 0.598. The van der Waals surface area contributed by atoms with Crippen LogP contribution in [0.15, 0.2) is 11.0 Å². The molecular formula is C10H11IN2O. The summed E-state index contributed by atoms with van der Waals surface area (Å²) < 4.78 is 2.31. The van der Waals surface area contributed by atoms with Crippen molar-refractivity contribution in [1.82, 2.24) is 9.55 Å². The number of aryl methyl sites for hydroxylation is 1. The van der Waals surface area contributed by atoms with Gasteiger partial charge in [-0.2, -0.15) is 0 Å². The van der Waals surface area contributed by atoms with Crippen LogP contribution in [0.3, 0.4) is 0 Å². The summed E-state index contributed by atoms with van der Waals surface area (Å²) in [6, 6.07) is 0. The van der Waals surface area contributed by atoms with Gasteiger partial charge in [-0.05, 0) is 35.9 Å². The van der Waals surface area contributed by atoms with E-state index in [1.54, 1.807) is 10.8 Å². The molecule has 0 saturated heterocycles. The Balaban J connectivity index is 2.91. The molecule has 0 fully saturated rings. The summed E-state index contributed by atoms with van der Waals surface area (Å²) in [5.41, 5.74) is 0.0233. The minimum absolute atomic E-state index is 0.0233. The first-order valence-corrected chi connectivity index (χ1v) is 5.40. The molecule has 1 aromatic heterocycles. The molecular weight excluding hydrogens is 291 g/mol. The van der Waals surface area contributed by atoms with E-state index < -0.39 is 0 Å². The molecule has 1 rings (SSSR count). The monoisotopic (exact) mass is 302 g/mol. The molecule has 0 atom stereocenters. The van der Waals surface area contributed by atoms with E-state index in [4.69, 9.17) is 6.42 Å². The second-order valence-corrected chi connectivity index (χ2v) is 4.08. The van der Waals surface area contributed by atoms with Crippen LogP contribution in [0, 0.1) is 22.8 Å². The molecule has 0 saturated carbocycles. The Hall–Kier alpha value is -0.830. The lowest BCUT2D eigenvalue weighted by Gasteiger charge is -2.07. The molecule has 0 aliphatic heterocycles. The number of aromatic nitrogens is 2. The van der Waals surface area contributed by atoms with E-state index in [-0.39, 0.29) is 5.56 Å². The Bertz CT molecular complexity index is 417. The minimum atomic E-state index is 0.0233. The maximum atomic E-state index is 11.6. The topological polar surface area (TPSA) is 34.9 Å². The third kappa shape index (κ3) is 2.58. The number of hydrogen-bond acceptors (Lipinski definition) is 2. The van der Waals surface area contributed by atoms with Gasteiger partial charge >= 0.3 is 0 Å². The molecule has 14 heavy (non-hydrogen) atoms. The van der Waals surface area contributed by atoms with Gasteiger partial charge < -0.3 is 0 Å². The van der Waals surface area contributed by atoms with Crippen LogP contribution >= 0.6 is 22.6 Å². The highest BCUT2D eigenvalue weighted by atomic mass is 127. The quantitative estimate of drug-likeness (QED) is 0.482. The molecule has 3 nitrogen and oxygen atoms in total. The van der Waals surface area contributed by atoms with Crippen LogP contribution in [0.4, 0.5) is 0 Å². The first kappa shape index (κ1) is 11.2. The lowest BCUT2D eigenvalue weighted by atomic mass is 10.3. The molecule has 0 amide bonds. The van der Waals surface area contributed by atoms with Crippen molar-refractivity contribution in [1.29, 1.82) is 0 Å². The summed E-state index contributed by atoms with van der Waals surface area (Å²) in [4.78, 5) is 15.8. The molecule has 4 heteroatoms. The molecule has 1 aromatic rings. The highest BCUT2D eigenvalue weighted by molar-refractivity contribution is 14.1. The van der Waals surface area contributed by atoms with Crippen molar-refractivity contribution in [3.63, 3.8) is 0 Å². The number of halogens is 1. The van der Waals surface area contributed by atoms with Crippen molar-refractivity contribution < 1.29 is 0 Å². The third-order valence-corrected chi connectivity index (χ3v) is 2.65. The summed E-state index contributed by atoms with van der Waals surface area (Å²) in [6.45, 7) is 2.48. The maximum Gasteiger partial charge on any atom is 0.266 e. The van der Waals surface area contributed by atoms with Gasteiger partial charge in [-0.1, -0.05) is 0 Å². The number of hydrogen-bond donors (Lipinski definition) is 0. The zero-order chi connectivity index (χ0) is 10.6. The van der Waals surface area contributed by atoms with Gasteiger partial charge in [0.25, 0.3) is 5.56 Å². The molecule has 0 radical (unpaired) electrons. The van der Waals surface area contributed by atoms with Crippen molar-refractivity contribution in [3.05, 3.63) is 25.9 Å². The Labute approximate surface area is 96.7 Å². The summed E-state index contributed by atoms with van der Waals surface area (Å²) >= 11 is 1.99. The fourth-order valence-corrected chi connectivity index (χ4v) is 1.58. The van der Waals surface area contributed by atoms with E-state index in [2.05, 4.69) is 10.9 Å². The molecule has 0 unspecified atom stereocenters. The summed E-state index contributed by atoms with van der Waals surface area (Å²) in [5.74, 6) is 3.30. The number of terminal acetylenes is 1. The van der Waals surface area contributed by atoms with Gasteiger partial charge in [0.15, 0.2) is 0 Å². The first-order valence-electron chi connectivity index (χ1n) is 4.32. The van der Waals surface area contributed by atoms with Crippen molar-refractivity contribution in [2.75, 3.05) is 0 Å². The second kappa shape index (κ2) is 5.15. The van der Waals surface area contributed by atoms with Crippen LogP contribution in [0.25, 0.3) is 0 Å². The molecule has 0 aliphatic rings. The van der Waals surface area contributed by atoms with Gasteiger partial charge in [-0.25, -0.2) is 4.98 Å². The Morgan fingerprint density at radius 2 is 2.43 bits per heavy atom. The smallest absolute Gasteiger partial charge is 0.266 e. The predicted molar refractivity (Wildman–Crippen MR) is 64.0 cm³/mol. The van der Waals surface area contributed by atoms with Crippen molar-refractivity contribution in [2.24, 2.45) is 0 Å². The van der Waals surface area contributed by atoms with Gasteiger partial charge in [-0.15, -0.1) is 12.3 Å². The SMILES string of the molecule is C#CCCCn1c(C)ncc(I)c1=O. The molecule has 0 spiro atoms. The first-order chi connectivity index (χ1) is 6.66. The minimum Gasteiger partial charge on any atom is -0.296 e. The Kier molecular flexibility index (Phi) is 4.14. The lowest BCUT2D eigenvalue weighted by Crippen LogP contribution is -2.25. The molecule has 1 heterocycles. The van der Waals surface area contributed by atoms with Crippen molar-refractivity contribution in [3.8, 4) is 12.3 Å². The van der Waals surface area contributed by atoms with E-state index >= 15 is 0 Å². The van der Waals surface area contributed by atoms with E-state index in [0.29, 0.717) is 16.5 Å². The highest BCUT2D eigenvalue weighted by Crippen LogP contribution is 1.99. The summed E-state index contributed by atoms with van der Waals surface area (Å²) in [7, 11) is 0. The maximum absolute atomic E-state index is 11.6. The molecule has 0 aliphatic carbocycles. The zero-order valence-electron chi connectivity index (χ0n) is 7.96. The standard InChI is InChI=1S/C10H11IN2O/c1-3-4-5-6-13-8(2)12-7-9(11)10(13)14/h1,7H,4-6H2,2H3. The molecule has 0 bridgehead atoms. The van der Waals surface area contributed by atoms with Crippen LogP contribution in [0.5, 0.6) is 0 Å². The van der Waals surface area contributed by atoms with Gasteiger partial charge in [0.2, 0.25) is 0 Å². The zero-order valence-corrected chi connectivity index (χ0v) is 10.1. The molecule has 0 aromatic carbocycles. The van der Waals surface area contributed by atoms with E-state index in [0.717, 1.165) is 12.2 Å². The third-order valence-electron chi connectivity index (χ3n) is 1.91. The second-order valence-electron chi connectivity index (χ2n) is 2.92. The van der Waals surface area contributed by atoms with Crippen LogP contribution in [0.1, 0.15) is 18.7 Å². The van der Waals surface area contributed by atoms with Gasteiger partial charge in [-0.3, -0.25) is 9.36 Å². The van der Waals surface area contributed by atoms with Crippen LogP contribution in [-0.2, 0) is 6.54 Å². The highest BCUT2D eigenvalue weighted by Gasteiger charge is 2.03. The molecule has 0 N–H and O–H groups in total. The van der Waals surface area contributed by atoms with E-state index in [9.17, 15) is 4.79 Å². The van der Waals surface area contributed by atoms with Crippen LogP contribution < -0.4 is 5.56 Å².